The van der Waals surface area contributed by atoms with Crippen molar-refractivity contribution < 1.29 is 0 Å². The summed E-state index contributed by atoms with van der Waals surface area (Å²) < 4.78 is 3.33. The number of aryl methyl sites for hydroxylation is 2. The van der Waals surface area contributed by atoms with Crippen LogP contribution >= 0.6 is 0 Å². The van der Waals surface area contributed by atoms with Gasteiger partial charge in [0.05, 0.1) is 0 Å². The van der Waals surface area contributed by atoms with Gasteiger partial charge < -0.3 is 4.57 Å². The lowest BCUT2D eigenvalue weighted by molar-refractivity contribution is 0.680. The van der Waals surface area contributed by atoms with Crippen LogP contribution in [0.15, 0.2) is 11.0 Å². The highest BCUT2D eigenvalue weighted by Crippen LogP contribution is 1.91. The van der Waals surface area contributed by atoms with Gasteiger partial charge in [-0.05, 0) is 13.8 Å². The Morgan fingerprint density at radius 2 is 2.20 bits per heavy atom. The van der Waals surface area contributed by atoms with Crippen LogP contribution in [0, 0.1) is 6.92 Å². The molecule has 3 heteroatoms. The molecule has 0 aliphatic rings. The zero-order valence-corrected chi connectivity index (χ0v) is 6.59. The Morgan fingerprint density at radius 3 is 2.40 bits per heavy atom. The minimum atomic E-state index is 0.0694. The first kappa shape index (κ1) is 7.12. The zero-order valence-electron chi connectivity index (χ0n) is 6.59. The first-order valence-electron chi connectivity index (χ1n) is 3.39. The number of nitrogens with zero attached hydrogens (tertiary/aromatic N) is 2. The molecule has 1 aromatic rings. The van der Waals surface area contributed by atoms with E-state index < -0.39 is 0 Å². The van der Waals surface area contributed by atoms with Gasteiger partial charge in [0.25, 0.3) is 0 Å². The normalized spacial score (nSPS) is 10.3. The lowest BCUT2D eigenvalue weighted by Crippen LogP contribution is -2.21. The predicted octanol–water partition coefficient (Wildman–Crippen LogP) is 0.515. The molecule has 0 fully saturated rings. The quantitative estimate of drug-likeness (QED) is 0.558. The van der Waals surface area contributed by atoms with E-state index in [0.717, 1.165) is 12.2 Å². The van der Waals surface area contributed by atoms with E-state index in [1.165, 1.54) is 0 Å². The fourth-order valence-electron chi connectivity index (χ4n) is 1.13. The van der Waals surface area contributed by atoms with Crippen LogP contribution in [0.3, 0.4) is 0 Å². The van der Waals surface area contributed by atoms with E-state index in [1.807, 2.05) is 20.0 Å². The number of hydrogen-bond acceptors (Lipinski definition) is 1. The van der Waals surface area contributed by atoms with Crippen molar-refractivity contribution in [3.8, 4) is 0 Å². The topological polar surface area (TPSA) is 26.9 Å². The van der Waals surface area contributed by atoms with Gasteiger partial charge in [-0.1, -0.05) is 0 Å². The van der Waals surface area contributed by atoms with Gasteiger partial charge in [0.2, 0.25) is 0 Å². The maximum atomic E-state index is 11.1. The molecule has 10 heavy (non-hydrogen) atoms. The maximum Gasteiger partial charge on any atom is 0.328 e. The first-order valence-corrected chi connectivity index (χ1v) is 3.39. The molecule has 0 radical (unpaired) electrons. The molecule has 0 saturated heterocycles. The highest BCUT2D eigenvalue weighted by Gasteiger charge is 2.00. The van der Waals surface area contributed by atoms with E-state index in [0.29, 0.717) is 0 Å². The Morgan fingerprint density at radius 1 is 1.60 bits per heavy atom. The summed E-state index contributed by atoms with van der Waals surface area (Å²) in [6, 6.07) is 0. The molecule has 0 aromatic carbocycles. The molecule has 1 aromatic heterocycles. The van der Waals surface area contributed by atoms with Gasteiger partial charge in [-0.3, -0.25) is 4.57 Å². The second-order valence-electron chi connectivity index (χ2n) is 2.41. The molecule has 0 N–H and O–H groups in total. The second-order valence-corrected chi connectivity index (χ2v) is 2.41. The van der Waals surface area contributed by atoms with Crippen LogP contribution in [0.4, 0.5) is 0 Å². The van der Waals surface area contributed by atoms with Crippen molar-refractivity contribution in [2.75, 3.05) is 0 Å². The number of hydrogen-bond donors (Lipinski definition) is 0. The summed E-state index contributed by atoms with van der Waals surface area (Å²) in [6.45, 7) is 4.66. The summed E-state index contributed by atoms with van der Waals surface area (Å²) in [5, 5.41) is 0. The number of imidazole rings is 1. The van der Waals surface area contributed by atoms with Crippen molar-refractivity contribution in [3.63, 3.8) is 0 Å². The van der Waals surface area contributed by atoms with Crippen LogP contribution in [0.25, 0.3) is 0 Å². The fourth-order valence-corrected chi connectivity index (χ4v) is 1.13. The zero-order chi connectivity index (χ0) is 7.72. The average Bonchev–Trinajstić information content (AvgIpc) is 2.09. The Balaban J connectivity index is 3.34. The SMILES string of the molecule is CCn1c(C)cn(C)c1=O. The number of aromatic nitrogens is 2. The first-order chi connectivity index (χ1) is 4.66. The summed E-state index contributed by atoms with van der Waals surface area (Å²) in [5.74, 6) is 0. The highest BCUT2D eigenvalue weighted by molar-refractivity contribution is 4.96. The molecule has 0 spiro atoms. The van der Waals surface area contributed by atoms with E-state index >= 15 is 0 Å². The van der Waals surface area contributed by atoms with E-state index in [9.17, 15) is 4.79 Å². The predicted molar refractivity (Wildman–Crippen MR) is 40.1 cm³/mol. The Kier molecular flexibility index (Phi) is 1.66. The van der Waals surface area contributed by atoms with Gasteiger partial charge in [0.15, 0.2) is 0 Å². The van der Waals surface area contributed by atoms with Crippen LogP contribution in [0.5, 0.6) is 0 Å². The lowest BCUT2D eigenvalue weighted by Gasteiger charge is -1.94. The van der Waals surface area contributed by atoms with Crippen molar-refractivity contribution in [2.45, 2.75) is 20.4 Å². The van der Waals surface area contributed by atoms with Gasteiger partial charge in [0, 0.05) is 25.5 Å². The average molecular weight is 140 g/mol. The summed E-state index contributed by atoms with van der Waals surface area (Å²) in [4.78, 5) is 11.1. The summed E-state index contributed by atoms with van der Waals surface area (Å²) in [7, 11) is 1.77. The molecule has 0 amide bonds. The maximum absolute atomic E-state index is 11.1. The number of rotatable bonds is 1. The molecule has 0 aliphatic carbocycles. The van der Waals surface area contributed by atoms with Crippen LogP contribution in [-0.2, 0) is 13.6 Å². The van der Waals surface area contributed by atoms with E-state index in [2.05, 4.69) is 0 Å². The third-order valence-electron chi connectivity index (χ3n) is 1.66. The highest BCUT2D eigenvalue weighted by atomic mass is 16.1. The molecule has 1 rings (SSSR count). The van der Waals surface area contributed by atoms with Gasteiger partial charge in [-0.2, -0.15) is 0 Å². The van der Waals surface area contributed by atoms with Gasteiger partial charge in [0.1, 0.15) is 0 Å². The standard InChI is InChI=1S/C7H12N2O/c1-4-9-6(2)5-8(3)7(9)10/h5H,4H2,1-3H3. The minimum absolute atomic E-state index is 0.0694. The monoisotopic (exact) mass is 140 g/mol. The van der Waals surface area contributed by atoms with Gasteiger partial charge >= 0.3 is 5.69 Å². The fraction of sp³-hybridized carbons (Fsp3) is 0.571. The summed E-state index contributed by atoms with van der Waals surface area (Å²) in [5.41, 5.74) is 1.09. The summed E-state index contributed by atoms with van der Waals surface area (Å²) in [6.07, 6.45) is 1.84. The van der Waals surface area contributed by atoms with Crippen molar-refractivity contribution in [1.29, 1.82) is 0 Å². The van der Waals surface area contributed by atoms with Crippen molar-refractivity contribution >= 4 is 0 Å². The molecule has 1 heterocycles. The van der Waals surface area contributed by atoms with E-state index in [1.54, 1.807) is 16.2 Å². The van der Waals surface area contributed by atoms with Crippen molar-refractivity contribution in [2.24, 2.45) is 7.05 Å². The molecular weight excluding hydrogens is 128 g/mol. The Bertz CT molecular complexity index is 282. The van der Waals surface area contributed by atoms with Crippen LogP contribution in [-0.4, -0.2) is 9.13 Å². The lowest BCUT2D eigenvalue weighted by atomic mass is 10.5. The largest absolute Gasteiger partial charge is 0.328 e. The molecule has 0 aliphatic heterocycles. The molecular formula is C7H12N2O. The third-order valence-corrected chi connectivity index (χ3v) is 1.66. The van der Waals surface area contributed by atoms with Crippen molar-refractivity contribution in [1.82, 2.24) is 9.13 Å². The smallest absolute Gasteiger partial charge is 0.302 e. The molecule has 0 unspecified atom stereocenters. The molecule has 0 saturated carbocycles. The van der Waals surface area contributed by atoms with Crippen LogP contribution in [0.1, 0.15) is 12.6 Å². The second kappa shape index (κ2) is 2.33. The van der Waals surface area contributed by atoms with Gasteiger partial charge in [-0.15, -0.1) is 0 Å². The Labute approximate surface area is 59.9 Å². The van der Waals surface area contributed by atoms with Crippen LogP contribution < -0.4 is 5.69 Å². The third kappa shape index (κ3) is 0.875. The van der Waals surface area contributed by atoms with E-state index in [4.69, 9.17) is 0 Å². The molecule has 0 atom stereocenters. The minimum Gasteiger partial charge on any atom is -0.302 e. The van der Waals surface area contributed by atoms with Crippen molar-refractivity contribution in [3.05, 3.63) is 22.4 Å². The Hall–Kier alpha value is -0.990. The van der Waals surface area contributed by atoms with Crippen LogP contribution in [0.2, 0.25) is 0 Å². The molecule has 56 valence electrons. The van der Waals surface area contributed by atoms with Gasteiger partial charge in [-0.25, -0.2) is 4.79 Å². The molecule has 0 bridgehead atoms. The molecule has 3 nitrogen and oxygen atoms in total. The summed E-state index contributed by atoms with van der Waals surface area (Å²) >= 11 is 0. The van der Waals surface area contributed by atoms with E-state index in [-0.39, 0.29) is 5.69 Å².